The summed E-state index contributed by atoms with van der Waals surface area (Å²) < 4.78 is 32.2. The molecule has 0 aliphatic carbocycles. The fourth-order valence-electron chi connectivity index (χ4n) is 3.74. The number of carbonyl (C=O) groups is 2. The minimum absolute atomic E-state index is 0.212. The Hall–Kier alpha value is -2.13. The minimum atomic E-state index is -0.832. The first-order valence-electron chi connectivity index (χ1n) is 11.1. The summed E-state index contributed by atoms with van der Waals surface area (Å²) in [6, 6.07) is 4.16. The van der Waals surface area contributed by atoms with Crippen molar-refractivity contribution in [1.29, 1.82) is 0 Å². The summed E-state index contributed by atoms with van der Waals surface area (Å²) in [7, 11) is -0.832. The SMILES string of the molecule is C[C@H]1CN(C(=O)c2ccc(B3OC(C)(C)C(C)(C)O3)c(F)c2)CCN1C(=O)OC(C)(C)C. The average Bonchev–Trinajstić information content (AvgIpc) is 2.86. The third kappa shape index (κ3) is 4.93. The highest BCUT2D eigenvalue weighted by atomic mass is 19.1. The lowest BCUT2D eigenvalue weighted by Crippen LogP contribution is -2.56. The number of halogens is 1. The van der Waals surface area contributed by atoms with Crippen LogP contribution in [-0.2, 0) is 14.0 Å². The van der Waals surface area contributed by atoms with Crippen molar-refractivity contribution >= 4 is 24.6 Å². The van der Waals surface area contributed by atoms with E-state index in [9.17, 15) is 14.0 Å². The van der Waals surface area contributed by atoms with Gasteiger partial charge in [0.05, 0.1) is 11.2 Å². The Balaban J connectivity index is 1.68. The summed E-state index contributed by atoms with van der Waals surface area (Å²) >= 11 is 0. The molecule has 1 aromatic carbocycles. The summed E-state index contributed by atoms with van der Waals surface area (Å²) in [6.45, 7) is 16.0. The standard InChI is InChI=1S/C23H34BFN2O5/c1-15-14-26(11-12-27(15)20(29)30-21(2,3)4)19(28)16-9-10-17(18(25)13-16)24-31-22(5,6)23(7,8)32-24/h9-10,13,15H,11-12,14H2,1-8H3/t15-/m0/s1. The highest BCUT2D eigenvalue weighted by molar-refractivity contribution is 6.62. The van der Waals surface area contributed by atoms with E-state index in [0.717, 1.165) is 0 Å². The maximum Gasteiger partial charge on any atom is 0.497 e. The molecule has 1 aromatic rings. The molecule has 2 heterocycles. The number of nitrogens with zero attached hydrogens (tertiary/aromatic N) is 2. The van der Waals surface area contributed by atoms with Crippen LogP contribution in [0, 0.1) is 5.82 Å². The van der Waals surface area contributed by atoms with Gasteiger partial charge in [0, 0.05) is 36.7 Å². The summed E-state index contributed by atoms with van der Waals surface area (Å²) in [5.74, 6) is -0.824. The second-order valence-corrected chi connectivity index (χ2v) is 10.6. The van der Waals surface area contributed by atoms with Crippen LogP contribution in [0.25, 0.3) is 0 Å². The van der Waals surface area contributed by atoms with E-state index >= 15 is 0 Å². The fourth-order valence-corrected chi connectivity index (χ4v) is 3.74. The number of ether oxygens (including phenoxy) is 1. The number of carbonyl (C=O) groups excluding carboxylic acids is 2. The zero-order valence-corrected chi connectivity index (χ0v) is 20.3. The molecule has 1 atom stereocenters. The lowest BCUT2D eigenvalue weighted by molar-refractivity contribution is 0.00198. The highest BCUT2D eigenvalue weighted by Gasteiger charge is 2.52. The van der Waals surface area contributed by atoms with Crippen LogP contribution >= 0.6 is 0 Å². The van der Waals surface area contributed by atoms with Crippen LogP contribution < -0.4 is 5.46 Å². The average molecular weight is 448 g/mol. The smallest absolute Gasteiger partial charge is 0.444 e. The fraction of sp³-hybridized carbons (Fsp3) is 0.652. The van der Waals surface area contributed by atoms with Crippen LogP contribution in [-0.4, -0.2) is 71.4 Å². The van der Waals surface area contributed by atoms with Crippen molar-refractivity contribution in [1.82, 2.24) is 9.80 Å². The highest BCUT2D eigenvalue weighted by Crippen LogP contribution is 2.36. The molecule has 2 amide bonds. The van der Waals surface area contributed by atoms with Gasteiger partial charge in [-0.05, 0) is 67.5 Å². The first-order valence-corrected chi connectivity index (χ1v) is 11.1. The zero-order chi connectivity index (χ0) is 24.1. The van der Waals surface area contributed by atoms with Crippen LogP contribution in [0.4, 0.5) is 9.18 Å². The molecule has 2 fully saturated rings. The molecule has 0 N–H and O–H groups in total. The van der Waals surface area contributed by atoms with Crippen molar-refractivity contribution < 1.29 is 28.0 Å². The van der Waals surface area contributed by atoms with E-state index in [1.54, 1.807) is 21.9 Å². The first kappa shape index (κ1) is 24.5. The lowest BCUT2D eigenvalue weighted by Gasteiger charge is -2.40. The van der Waals surface area contributed by atoms with Crippen LogP contribution in [0.1, 0.15) is 65.7 Å². The normalized spacial score (nSPS) is 22.8. The van der Waals surface area contributed by atoms with Crippen LogP contribution in [0.2, 0.25) is 0 Å². The van der Waals surface area contributed by atoms with Crippen LogP contribution in [0.15, 0.2) is 18.2 Å². The van der Waals surface area contributed by atoms with E-state index in [1.807, 2.05) is 55.4 Å². The molecule has 7 nitrogen and oxygen atoms in total. The molecule has 0 radical (unpaired) electrons. The van der Waals surface area contributed by atoms with E-state index in [0.29, 0.717) is 19.6 Å². The maximum atomic E-state index is 14.9. The monoisotopic (exact) mass is 448 g/mol. The van der Waals surface area contributed by atoms with Gasteiger partial charge in [0.2, 0.25) is 0 Å². The summed E-state index contributed by atoms with van der Waals surface area (Å²) in [5.41, 5.74) is -1.23. The maximum absolute atomic E-state index is 14.9. The van der Waals surface area contributed by atoms with Crippen molar-refractivity contribution in [3.63, 3.8) is 0 Å². The van der Waals surface area contributed by atoms with Gasteiger partial charge in [-0.3, -0.25) is 4.79 Å². The number of amides is 2. The van der Waals surface area contributed by atoms with E-state index in [2.05, 4.69) is 0 Å². The molecule has 176 valence electrons. The molecule has 0 spiro atoms. The number of piperazine rings is 1. The van der Waals surface area contributed by atoms with E-state index in [-0.39, 0.29) is 23.0 Å². The predicted octanol–water partition coefficient (Wildman–Crippen LogP) is 3.21. The first-order chi connectivity index (χ1) is 14.6. The molecule has 0 unspecified atom stereocenters. The number of hydrogen-bond acceptors (Lipinski definition) is 5. The molecule has 32 heavy (non-hydrogen) atoms. The number of hydrogen-bond donors (Lipinski definition) is 0. The van der Waals surface area contributed by atoms with Gasteiger partial charge in [0.15, 0.2) is 0 Å². The number of benzene rings is 1. The van der Waals surface area contributed by atoms with Crippen molar-refractivity contribution in [2.45, 2.75) is 78.2 Å². The Bertz CT molecular complexity index is 883. The minimum Gasteiger partial charge on any atom is -0.444 e. The van der Waals surface area contributed by atoms with Gasteiger partial charge in [-0.2, -0.15) is 0 Å². The molecule has 3 rings (SSSR count). The molecular weight excluding hydrogens is 414 g/mol. The Morgan fingerprint density at radius 1 is 1.12 bits per heavy atom. The van der Waals surface area contributed by atoms with Crippen molar-refractivity contribution in [3.8, 4) is 0 Å². The van der Waals surface area contributed by atoms with Gasteiger partial charge >= 0.3 is 13.2 Å². The molecule has 2 aliphatic rings. The Morgan fingerprint density at radius 3 is 2.22 bits per heavy atom. The van der Waals surface area contributed by atoms with E-state index in [1.165, 1.54) is 6.07 Å². The molecule has 2 aliphatic heterocycles. The molecular formula is C23H34BFN2O5. The van der Waals surface area contributed by atoms with Crippen molar-refractivity contribution in [3.05, 3.63) is 29.6 Å². The Kier molecular flexibility index (Phi) is 6.39. The van der Waals surface area contributed by atoms with Crippen molar-refractivity contribution in [2.24, 2.45) is 0 Å². The molecule has 0 aromatic heterocycles. The van der Waals surface area contributed by atoms with E-state index < -0.39 is 35.8 Å². The van der Waals surface area contributed by atoms with Gasteiger partial charge in [0.25, 0.3) is 5.91 Å². The third-order valence-corrected chi connectivity index (χ3v) is 6.30. The third-order valence-electron chi connectivity index (χ3n) is 6.30. The molecule has 0 bridgehead atoms. The Labute approximate surface area is 190 Å². The molecule has 2 saturated heterocycles. The van der Waals surface area contributed by atoms with Gasteiger partial charge < -0.3 is 23.8 Å². The summed E-state index contributed by atoms with van der Waals surface area (Å²) in [6.07, 6.45) is -0.394. The van der Waals surface area contributed by atoms with Crippen LogP contribution in [0.3, 0.4) is 0 Å². The predicted molar refractivity (Wildman–Crippen MR) is 120 cm³/mol. The molecule has 9 heteroatoms. The van der Waals surface area contributed by atoms with E-state index in [4.69, 9.17) is 14.0 Å². The largest absolute Gasteiger partial charge is 0.497 e. The zero-order valence-electron chi connectivity index (χ0n) is 20.3. The second kappa shape index (κ2) is 8.34. The Morgan fingerprint density at radius 2 is 1.72 bits per heavy atom. The van der Waals surface area contributed by atoms with Gasteiger partial charge in [-0.1, -0.05) is 6.07 Å². The quantitative estimate of drug-likeness (QED) is 0.651. The topological polar surface area (TPSA) is 68.3 Å². The van der Waals surface area contributed by atoms with Crippen molar-refractivity contribution in [2.75, 3.05) is 19.6 Å². The lowest BCUT2D eigenvalue weighted by atomic mass is 9.78. The van der Waals surface area contributed by atoms with Gasteiger partial charge in [0.1, 0.15) is 11.4 Å². The summed E-state index contributed by atoms with van der Waals surface area (Å²) in [5, 5.41) is 0. The second-order valence-electron chi connectivity index (χ2n) is 10.6. The van der Waals surface area contributed by atoms with Gasteiger partial charge in [-0.25, -0.2) is 9.18 Å². The van der Waals surface area contributed by atoms with Gasteiger partial charge in [-0.15, -0.1) is 0 Å². The summed E-state index contributed by atoms with van der Waals surface area (Å²) in [4.78, 5) is 28.7. The number of rotatable bonds is 2. The van der Waals surface area contributed by atoms with Crippen LogP contribution in [0.5, 0.6) is 0 Å². The molecule has 0 saturated carbocycles.